The van der Waals surface area contributed by atoms with Crippen molar-refractivity contribution >= 4 is 39.1 Å². The van der Waals surface area contributed by atoms with Crippen molar-refractivity contribution in [3.05, 3.63) is 45.9 Å². The Morgan fingerprint density at radius 3 is 2.95 bits per heavy atom. The summed E-state index contributed by atoms with van der Waals surface area (Å²) in [6.45, 7) is 0.386. The Hall–Kier alpha value is -1.40. The quantitative estimate of drug-likeness (QED) is 0.921. The molecule has 1 amide bonds. The zero-order valence-electron chi connectivity index (χ0n) is 9.74. The van der Waals surface area contributed by atoms with Crippen LogP contribution in [-0.4, -0.2) is 15.7 Å². The molecule has 19 heavy (non-hydrogen) atoms. The molecular formula is C12H10BrClFN3O. The van der Waals surface area contributed by atoms with Gasteiger partial charge in [0.1, 0.15) is 5.82 Å². The van der Waals surface area contributed by atoms with Gasteiger partial charge in [0.15, 0.2) is 0 Å². The maximum absolute atomic E-state index is 13.5. The number of carbonyl (C=O) groups is 1. The Kier molecular flexibility index (Phi) is 4.55. The van der Waals surface area contributed by atoms with Gasteiger partial charge in [0.25, 0.3) is 0 Å². The van der Waals surface area contributed by atoms with Crippen molar-refractivity contribution < 1.29 is 9.18 Å². The largest absolute Gasteiger partial charge is 0.324 e. The number of rotatable bonds is 4. The van der Waals surface area contributed by atoms with Gasteiger partial charge in [-0.2, -0.15) is 5.10 Å². The van der Waals surface area contributed by atoms with Crippen LogP contribution >= 0.6 is 27.5 Å². The lowest BCUT2D eigenvalue weighted by Crippen LogP contribution is -2.15. The topological polar surface area (TPSA) is 46.9 Å². The van der Waals surface area contributed by atoms with Crippen molar-refractivity contribution in [1.82, 2.24) is 9.78 Å². The lowest BCUT2D eigenvalue weighted by molar-refractivity contribution is -0.116. The lowest BCUT2D eigenvalue weighted by atomic mass is 10.3. The van der Waals surface area contributed by atoms with E-state index in [9.17, 15) is 9.18 Å². The molecule has 0 aliphatic heterocycles. The third-order valence-corrected chi connectivity index (χ3v) is 3.06. The number of halogens is 3. The van der Waals surface area contributed by atoms with Crippen molar-refractivity contribution in [3.63, 3.8) is 0 Å². The maximum atomic E-state index is 13.5. The average molecular weight is 347 g/mol. The molecule has 2 aromatic rings. The van der Waals surface area contributed by atoms with Gasteiger partial charge < -0.3 is 5.32 Å². The summed E-state index contributed by atoms with van der Waals surface area (Å²) < 4.78 is 15.7. The summed E-state index contributed by atoms with van der Waals surface area (Å²) in [6, 6.07) is 4.46. The Bertz CT molecular complexity index is 602. The van der Waals surface area contributed by atoms with Crippen molar-refractivity contribution in [1.29, 1.82) is 0 Å². The van der Waals surface area contributed by atoms with E-state index in [0.29, 0.717) is 16.0 Å². The minimum atomic E-state index is -0.482. The highest BCUT2D eigenvalue weighted by Gasteiger charge is 2.08. The first-order valence-electron chi connectivity index (χ1n) is 5.47. The predicted octanol–water partition coefficient (Wildman–Crippen LogP) is 3.47. The second-order valence-electron chi connectivity index (χ2n) is 3.84. The predicted molar refractivity (Wildman–Crippen MR) is 74.6 cm³/mol. The maximum Gasteiger partial charge on any atom is 0.226 e. The van der Waals surface area contributed by atoms with Crippen LogP contribution in [0.2, 0.25) is 5.02 Å². The number of carbonyl (C=O) groups excluding carboxylic acids is 1. The highest BCUT2D eigenvalue weighted by molar-refractivity contribution is 9.10. The van der Waals surface area contributed by atoms with E-state index in [0.717, 1.165) is 0 Å². The van der Waals surface area contributed by atoms with Crippen LogP contribution in [0, 0.1) is 5.82 Å². The monoisotopic (exact) mass is 345 g/mol. The van der Waals surface area contributed by atoms with Gasteiger partial charge in [-0.1, -0.05) is 27.5 Å². The summed E-state index contributed by atoms with van der Waals surface area (Å²) in [4.78, 5) is 11.7. The van der Waals surface area contributed by atoms with Crippen LogP contribution in [0.15, 0.2) is 35.1 Å². The first kappa shape index (κ1) is 14.0. The number of aromatic nitrogens is 2. The van der Waals surface area contributed by atoms with E-state index >= 15 is 0 Å². The minimum Gasteiger partial charge on any atom is -0.324 e. The van der Waals surface area contributed by atoms with Gasteiger partial charge in [-0.25, -0.2) is 4.39 Å². The number of anilines is 1. The minimum absolute atomic E-state index is 0.159. The van der Waals surface area contributed by atoms with E-state index < -0.39 is 5.82 Å². The van der Waals surface area contributed by atoms with Crippen molar-refractivity contribution in [3.8, 4) is 0 Å². The van der Waals surface area contributed by atoms with E-state index in [1.165, 1.54) is 18.3 Å². The first-order chi connectivity index (χ1) is 9.04. The summed E-state index contributed by atoms with van der Waals surface area (Å²) in [7, 11) is 0. The second-order valence-corrected chi connectivity index (χ2v) is 5.20. The molecule has 0 bridgehead atoms. The average Bonchev–Trinajstić information content (AvgIpc) is 2.76. The molecule has 0 saturated carbocycles. The number of nitrogens with one attached hydrogen (secondary N) is 1. The van der Waals surface area contributed by atoms with Gasteiger partial charge in [-0.3, -0.25) is 9.48 Å². The number of aryl methyl sites for hydroxylation is 1. The molecule has 0 unspecified atom stereocenters. The highest BCUT2D eigenvalue weighted by Crippen LogP contribution is 2.19. The molecule has 0 spiro atoms. The van der Waals surface area contributed by atoms with Crippen molar-refractivity contribution in [2.75, 3.05) is 5.32 Å². The SMILES string of the molecule is O=C(CCn1cc(Cl)cn1)Nc1ccc(Br)cc1F. The Balaban J connectivity index is 1.90. The molecular weight excluding hydrogens is 337 g/mol. The van der Waals surface area contributed by atoms with E-state index in [4.69, 9.17) is 11.6 Å². The molecule has 0 atom stereocenters. The van der Waals surface area contributed by atoms with Crippen LogP contribution in [0.1, 0.15) is 6.42 Å². The lowest BCUT2D eigenvalue weighted by Gasteiger charge is -2.06. The Morgan fingerprint density at radius 1 is 1.53 bits per heavy atom. The second kappa shape index (κ2) is 6.16. The standard InChI is InChI=1S/C12H10BrClFN3O/c13-8-1-2-11(10(15)5-8)17-12(19)3-4-18-7-9(14)6-16-18/h1-2,5-7H,3-4H2,(H,17,19). The number of hydrogen-bond donors (Lipinski definition) is 1. The van der Waals surface area contributed by atoms with Crippen LogP contribution < -0.4 is 5.32 Å². The smallest absolute Gasteiger partial charge is 0.226 e. The van der Waals surface area contributed by atoms with Crippen LogP contribution in [0.25, 0.3) is 0 Å². The van der Waals surface area contributed by atoms with Crippen molar-refractivity contribution in [2.45, 2.75) is 13.0 Å². The zero-order valence-corrected chi connectivity index (χ0v) is 12.1. The molecule has 1 heterocycles. The van der Waals surface area contributed by atoms with Crippen molar-refractivity contribution in [2.24, 2.45) is 0 Å². The fourth-order valence-electron chi connectivity index (χ4n) is 1.48. The van der Waals surface area contributed by atoms with Gasteiger partial charge in [-0.15, -0.1) is 0 Å². The fourth-order valence-corrected chi connectivity index (χ4v) is 1.97. The number of benzene rings is 1. The summed E-state index contributed by atoms with van der Waals surface area (Å²) in [5.41, 5.74) is 0.159. The molecule has 100 valence electrons. The Labute approximate surface area is 122 Å². The van der Waals surface area contributed by atoms with E-state index in [1.54, 1.807) is 16.9 Å². The summed E-state index contributed by atoms with van der Waals surface area (Å²) in [5.74, 6) is -0.766. The molecule has 1 aromatic carbocycles. The molecule has 0 fully saturated rings. The molecule has 7 heteroatoms. The number of nitrogens with zero attached hydrogens (tertiary/aromatic N) is 2. The fraction of sp³-hybridized carbons (Fsp3) is 0.167. The number of amides is 1. The van der Waals surface area contributed by atoms with Gasteiger partial charge >= 0.3 is 0 Å². The van der Waals surface area contributed by atoms with Gasteiger partial charge in [-0.05, 0) is 18.2 Å². The zero-order chi connectivity index (χ0) is 13.8. The molecule has 0 saturated heterocycles. The van der Waals surface area contributed by atoms with Gasteiger partial charge in [0.2, 0.25) is 5.91 Å². The summed E-state index contributed by atoms with van der Waals surface area (Å²) in [5, 5.41) is 6.97. The summed E-state index contributed by atoms with van der Waals surface area (Å²) in [6.07, 6.45) is 3.30. The summed E-state index contributed by atoms with van der Waals surface area (Å²) >= 11 is 8.85. The van der Waals surface area contributed by atoms with Crippen LogP contribution in [0.3, 0.4) is 0 Å². The highest BCUT2D eigenvalue weighted by atomic mass is 79.9. The van der Waals surface area contributed by atoms with E-state index in [1.807, 2.05) is 0 Å². The third-order valence-electron chi connectivity index (χ3n) is 2.37. The molecule has 0 aliphatic carbocycles. The molecule has 4 nitrogen and oxygen atoms in total. The van der Waals surface area contributed by atoms with E-state index in [-0.39, 0.29) is 18.0 Å². The molecule has 1 N–H and O–H groups in total. The number of hydrogen-bond acceptors (Lipinski definition) is 2. The first-order valence-corrected chi connectivity index (χ1v) is 6.64. The van der Waals surface area contributed by atoms with Gasteiger partial charge in [0, 0.05) is 23.6 Å². The molecule has 0 aliphatic rings. The van der Waals surface area contributed by atoms with Gasteiger partial charge in [0.05, 0.1) is 16.9 Å². The molecule has 0 radical (unpaired) electrons. The van der Waals surface area contributed by atoms with Crippen LogP contribution in [-0.2, 0) is 11.3 Å². The van der Waals surface area contributed by atoms with Crippen LogP contribution in [0.5, 0.6) is 0 Å². The third kappa shape index (κ3) is 4.04. The van der Waals surface area contributed by atoms with E-state index in [2.05, 4.69) is 26.3 Å². The van der Waals surface area contributed by atoms with Crippen LogP contribution in [0.4, 0.5) is 10.1 Å². The molecule has 1 aromatic heterocycles. The normalized spacial score (nSPS) is 10.5. The molecule has 2 rings (SSSR count). The Morgan fingerprint density at radius 2 is 2.32 bits per heavy atom.